The van der Waals surface area contributed by atoms with Crippen LogP contribution >= 0.6 is 0 Å². The highest BCUT2D eigenvalue weighted by Gasteiger charge is 2.16. The Kier molecular flexibility index (Phi) is 6.37. The molecule has 1 fully saturated rings. The Morgan fingerprint density at radius 2 is 1.88 bits per heavy atom. The van der Waals surface area contributed by atoms with Crippen LogP contribution in [-0.2, 0) is 4.79 Å². The maximum atomic E-state index is 11.7. The number of rotatable bonds is 5. The second-order valence-corrected chi connectivity index (χ2v) is 4.41. The van der Waals surface area contributed by atoms with Crippen molar-refractivity contribution >= 4 is 5.91 Å². The quantitative estimate of drug-likeness (QED) is 0.616. The predicted octanol–water partition coefficient (Wildman–Crippen LogP) is -0.0402. The number of carbonyl (C=O) groups is 1. The van der Waals surface area contributed by atoms with Crippen LogP contribution in [0.2, 0.25) is 0 Å². The minimum absolute atomic E-state index is 0.0737. The lowest BCUT2D eigenvalue weighted by Crippen LogP contribution is -2.49. The molecule has 0 spiro atoms. The first-order valence-corrected chi connectivity index (χ1v) is 6.25. The van der Waals surface area contributed by atoms with Crippen molar-refractivity contribution in [2.45, 2.75) is 44.6 Å². The number of carbonyl (C=O) groups excluding carboxylic acids is 1. The average Bonchev–Trinajstić information content (AvgIpc) is 2.54. The van der Waals surface area contributed by atoms with Gasteiger partial charge in [-0.1, -0.05) is 12.8 Å². The van der Waals surface area contributed by atoms with Crippen molar-refractivity contribution in [1.82, 2.24) is 10.4 Å². The summed E-state index contributed by atoms with van der Waals surface area (Å²) in [7, 11) is 0. The van der Waals surface area contributed by atoms with Gasteiger partial charge in [0.2, 0.25) is 0 Å². The van der Waals surface area contributed by atoms with E-state index in [1.165, 1.54) is 12.8 Å². The van der Waals surface area contributed by atoms with Crippen molar-refractivity contribution in [3.63, 3.8) is 0 Å². The molecule has 5 nitrogen and oxygen atoms in total. The molecule has 94 valence electrons. The van der Waals surface area contributed by atoms with Crippen LogP contribution in [-0.4, -0.2) is 36.6 Å². The van der Waals surface area contributed by atoms with Gasteiger partial charge in [0, 0.05) is 13.1 Å². The Bertz CT molecular complexity index is 202. The van der Waals surface area contributed by atoms with Crippen molar-refractivity contribution in [2.24, 2.45) is 11.5 Å². The summed E-state index contributed by atoms with van der Waals surface area (Å²) in [6.45, 7) is 2.47. The van der Waals surface area contributed by atoms with Crippen LogP contribution < -0.4 is 16.9 Å². The third-order valence-electron chi connectivity index (χ3n) is 2.93. The Hall–Kier alpha value is -0.650. The zero-order chi connectivity index (χ0) is 11.8. The normalized spacial score (nSPS) is 20.1. The van der Waals surface area contributed by atoms with Crippen molar-refractivity contribution in [2.75, 3.05) is 19.6 Å². The van der Waals surface area contributed by atoms with Gasteiger partial charge in [-0.05, 0) is 32.2 Å². The maximum Gasteiger partial charge on any atom is 0.251 e. The summed E-state index contributed by atoms with van der Waals surface area (Å²) in [5.41, 5.74) is 14.0. The maximum absolute atomic E-state index is 11.7. The Morgan fingerprint density at radius 1 is 1.25 bits per heavy atom. The van der Waals surface area contributed by atoms with Gasteiger partial charge >= 0.3 is 0 Å². The van der Waals surface area contributed by atoms with Gasteiger partial charge in [-0.2, -0.15) is 0 Å². The van der Waals surface area contributed by atoms with E-state index in [9.17, 15) is 4.79 Å². The summed E-state index contributed by atoms with van der Waals surface area (Å²) in [5.74, 6) is -0.0737. The van der Waals surface area contributed by atoms with Gasteiger partial charge in [0.25, 0.3) is 5.91 Å². The summed E-state index contributed by atoms with van der Waals surface area (Å²) in [6, 6.07) is -0.424. The summed E-state index contributed by atoms with van der Waals surface area (Å²) < 4.78 is 0. The fraction of sp³-hybridized carbons (Fsp3) is 0.909. The highest BCUT2D eigenvalue weighted by Crippen LogP contribution is 2.07. The number of nitrogens with zero attached hydrogens (tertiary/aromatic N) is 1. The number of nitrogens with one attached hydrogen (secondary N) is 1. The van der Waals surface area contributed by atoms with Crippen LogP contribution in [0.15, 0.2) is 0 Å². The number of nitrogens with two attached hydrogens (primary N) is 2. The zero-order valence-electron chi connectivity index (χ0n) is 9.95. The molecule has 1 amide bonds. The first kappa shape index (κ1) is 13.4. The van der Waals surface area contributed by atoms with E-state index in [1.807, 2.05) is 5.01 Å². The zero-order valence-corrected chi connectivity index (χ0v) is 9.95. The van der Waals surface area contributed by atoms with E-state index >= 15 is 0 Å². The monoisotopic (exact) mass is 228 g/mol. The molecule has 5 N–H and O–H groups in total. The number of hydrogen-bond acceptors (Lipinski definition) is 4. The summed E-state index contributed by atoms with van der Waals surface area (Å²) in [5, 5.41) is 2.00. The van der Waals surface area contributed by atoms with Gasteiger partial charge in [-0.15, -0.1) is 0 Å². The van der Waals surface area contributed by atoms with Crippen LogP contribution in [0, 0.1) is 0 Å². The molecule has 0 aliphatic carbocycles. The lowest BCUT2D eigenvalue weighted by atomic mass is 10.1. The van der Waals surface area contributed by atoms with Crippen molar-refractivity contribution in [1.29, 1.82) is 0 Å². The Balaban J connectivity index is 2.25. The molecule has 1 heterocycles. The van der Waals surface area contributed by atoms with Crippen molar-refractivity contribution in [3.05, 3.63) is 0 Å². The van der Waals surface area contributed by atoms with Crippen LogP contribution in [0.25, 0.3) is 0 Å². The lowest BCUT2D eigenvalue weighted by molar-refractivity contribution is -0.127. The molecule has 0 radical (unpaired) electrons. The Morgan fingerprint density at radius 3 is 2.44 bits per heavy atom. The molecule has 1 saturated heterocycles. The molecule has 1 atom stereocenters. The van der Waals surface area contributed by atoms with Gasteiger partial charge in [0.15, 0.2) is 0 Å². The summed E-state index contributed by atoms with van der Waals surface area (Å²) >= 11 is 0. The highest BCUT2D eigenvalue weighted by molar-refractivity contribution is 5.80. The highest BCUT2D eigenvalue weighted by atomic mass is 16.2. The third-order valence-corrected chi connectivity index (χ3v) is 2.93. The molecular weight excluding hydrogens is 204 g/mol. The molecule has 0 aromatic carbocycles. The molecule has 0 aromatic rings. The second kappa shape index (κ2) is 7.60. The number of hydrazine groups is 1. The molecule has 16 heavy (non-hydrogen) atoms. The van der Waals surface area contributed by atoms with E-state index in [1.54, 1.807) is 0 Å². The SMILES string of the molecule is NCCCC(N)C(=O)NN1CCCCCC1. The van der Waals surface area contributed by atoms with Gasteiger partial charge < -0.3 is 11.5 Å². The molecule has 0 saturated carbocycles. The van der Waals surface area contributed by atoms with Crippen LogP contribution in [0.5, 0.6) is 0 Å². The third kappa shape index (κ3) is 4.92. The summed E-state index contributed by atoms with van der Waals surface area (Å²) in [4.78, 5) is 11.7. The minimum atomic E-state index is -0.424. The van der Waals surface area contributed by atoms with E-state index in [0.29, 0.717) is 13.0 Å². The lowest BCUT2D eigenvalue weighted by Gasteiger charge is -2.22. The number of amides is 1. The van der Waals surface area contributed by atoms with Gasteiger partial charge in [-0.3, -0.25) is 10.2 Å². The largest absolute Gasteiger partial charge is 0.330 e. The van der Waals surface area contributed by atoms with E-state index in [0.717, 1.165) is 32.4 Å². The fourth-order valence-electron chi connectivity index (χ4n) is 1.89. The topological polar surface area (TPSA) is 84.4 Å². The first-order valence-electron chi connectivity index (χ1n) is 6.25. The minimum Gasteiger partial charge on any atom is -0.330 e. The number of hydrogen-bond donors (Lipinski definition) is 3. The smallest absolute Gasteiger partial charge is 0.251 e. The second-order valence-electron chi connectivity index (χ2n) is 4.41. The fourth-order valence-corrected chi connectivity index (χ4v) is 1.89. The molecule has 1 rings (SSSR count). The predicted molar refractivity (Wildman–Crippen MR) is 64.4 cm³/mol. The molecule has 1 aliphatic heterocycles. The first-order chi connectivity index (χ1) is 7.74. The van der Waals surface area contributed by atoms with E-state index in [2.05, 4.69) is 5.43 Å². The average molecular weight is 228 g/mol. The molecule has 0 bridgehead atoms. The summed E-state index contributed by atoms with van der Waals surface area (Å²) in [6.07, 6.45) is 6.28. The van der Waals surface area contributed by atoms with E-state index in [-0.39, 0.29) is 5.91 Å². The molecule has 1 aliphatic rings. The molecule has 0 aromatic heterocycles. The van der Waals surface area contributed by atoms with Crippen LogP contribution in [0.3, 0.4) is 0 Å². The molecule has 5 heteroatoms. The van der Waals surface area contributed by atoms with Crippen LogP contribution in [0.4, 0.5) is 0 Å². The Labute approximate surface area is 97.5 Å². The van der Waals surface area contributed by atoms with E-state index < -0.39 is 6.04 Å². The van der Waals surface area contributed by atoms with E-state index in [4.69, 9.17) is 11.5 Å². The van der Waals surface area contributed by atoms with Gasteiger partial charge in [0.1, 0.15) is 0 Å². The van der Waals surface area contributed by atoms with Gasteiger partial charge in [-0.25, -0.2) is 5.01 Å². The van der Waals surface area contributed by atoms with Crippen molar-refractivity contribution in [3.8, 4) is 0 Å². The molecular formula is C11H24N4O. The standard InChI is InChI=1S/C11H24N4O/c12-7-5-6-10(13)11(16)14-15-8-3-1-2-4-9-15/h10H,1-9,12-13H2,(H,14,16). The van der Waals surface area contributed by atoms with Crippen molar-refractivity contribution < 1.29 is 4.79 Å². The molecule has 1 unspecified atom stereocenters. The van der Waals surface area contributed by atoms with Gasteiger partial charge in [0.05, 0.1) is 6.04 Å². The van der Waals surface area contributed by atoms with Crippen LogP contribution in [0.1, 0.15) is 38.5 Å².